The molecule has 1 spiro atoms. The minimum Gasteiger partial charge on any atom is -0.311 e. The summed E-state index contributed by atoms with van der Waals surface area (Å²) in [4.78, 5) is 2.37. The maximum absolute atomic E-state index is 2.48. The largest absolute Gasteiger partial charge is 0.311 e. The zero-order valence-electron chi connectivity index (χ0n) is 34.4. The van der Waals surface area contributed by atoms with Crippen LogP contribution in [0.1, 0.15) is 40.7 Å². The fourth-order valence-corrected chi connectivity index (χ4v) is 10.4. The van der Waals surface area contributed by atoms with Crippen molar-refractivity contribution in [2.45, 2.75) is 18.3 Å². The van der Waals surface area contributed by atoms with Crippen molar-refractivity contribution >= 4 is 22.6 Å². The fourth-order valence-electron chi connectivity index (χ4n) is 10.4. The lowest BCUT2D eigenvalue weighted by molar-refractivity contribution is 0.794. The Morgan fingerprint density at radius 1 is 0.306 bits per heavy atom. The Morgan fingerprint density at radius 2 is 0.742 bits per heavy atom. The van der Waals surface area contributed by atoms with Gasteiger partial charge in [0.2, 0.25) is 0 Å². The van der Waals surface area contributed by atoms with Crippen LogP contribution < -0.4 is 4.90 Å². The van der Waals surface area contributed by atoms with Crippen molar-refractivity contribution in [3.63, 3.8) is 0 Å². The third-order valence-electron chi connectivity index (χ3n) is 13.3. The Balaban J connectivity index is 0.970. The summed E-state index contributed by atoms with van der Waals surface area (Å²) >= 11 is 0. The molecule has 0 radical (unpaired) electrons. The molecule has 0 fully saturated rings. The second-order valence-electron chi connectivity index (χ2n) is 16.7. The van der Waals surface area contributed by atoms with Gasteiger partial charge in [-0.2, -0.15) is 0 Å². The first-order chi connectivity index (χ1) is 30.7. The predicted molar refractivity (Wildman–Crippen MR) is 260 cm³/mol. The molecule has 9 aromatic carbocycles. The zero-order valence-corrected chi connectivity index (χ0v) is 34.4. The average molecular weight is 790 g/mol. The lowest BCUT2D eigenvalue weighted by atomic mass is 9.70. The Bertz CT molecular complexity index is 3140. The topological polar surface area (TPSA) is 3.24 Å². The van der Waals surface area contributed by atoms with Crippen LogP contribution in [0.25, 0.3) is 61.2 Å². The first-order valence-corrected chi connectivity index (χ1v) is 21.8. The first kappa shape index (κ1) is 36.1. The van der Waals surface area contributed by atoms with Crippen LogP contribution in [-0.2, 0) is 5.41 Å². The second-order valence-corrected chi connectivity index (χ2v) is 16.7. The van der Waals surface area contributed by atoms with Gasteiger partial charge >= 0.3 is 0 Å². The van der Waals surface area contributed by atoms with Crippen LogP contribution in [0.2, 0.25) is 0 Å². The number of fused-ring (bicyclic) bond motifs is 10. The molecule has 1 nitrogen and oxygen atoms in total. The minimum atomic E-state index is -0.415. The van der Waals surface area contributed by atoms with E-state index in [-0.39, 0.29) is 0 Å². The highest BCUT2D eigenvalue weighted by Crippen LogP contribution is 2.63. The number of anilines is 3. The highest BCUT2D eigenvalue weighted by atomic mass is 15.1. The molecule has 0 heterocycles. The first-order valence-electron chi connectivity index (χ1n) is 21.8. The molecule has 0 unspecified atom stereocenters. The van der Waals surface area contributed by atoms with Crippen LogP contribution in [0.5, 0.6) is 0 Å². The van der Waals surface area contributed by atoms with Crippen LogP contribution >= 0.6 is 0 Å². The standard InChI is InChI=1S/C61H43N/c1-4-14-42(15-5-1)45-24-32-50(33-25-45)62(51-34-26-46(27-35-51)43-16-6-2-7-17-43)52-36-28-47(29-37-52)49-30-38-55-56-40-48(44-18-8-3-9-19-44)31-39-59(56)61(60(55)41-49)57-22-12-10-20-53(57)54-21-11-13-23-58(54)61/h1,3-6,8-41H,2,7H2. The minimum absolute atomic E-state index is 0.415. The molecule has 0 aliphatic heterocycles. The summed E-state index contributed by atoms with van der Waals surface area (Å²) < 4.78 is 0. The molecule has 0 atom stereocenters. The zero-order chi connectivity index (χ0) is 41.0. The van der Waals surface area contributed by atoms with E-state index in [1.54, 1.807) is 0 Å². The third-order valence-corrected chi connectivity index (χ3v) is 13.3. The number of allylic oxidation sites excluding steroid dienone is 4. The SMILES string of the molecule is C1=CC(c2ccc(N(c3ccc(-c4ccccc4)cc3)c3ccc(-c4ccc5c(c4)C4(c6ccccc6-c6ccccc64)c4ccc(-c6ccccc6)cc4-5)cc3)cc2)=CCC1. The fraction of sp³-hybridized carbons (Fsp3) is 0.0492. The van der Waals surface area contributed by atoms with Gasteiger partial charge < -0.3 is 4.90 Å². The Hall–Kier alpha value is -7.74. The van der Waals surface area contributed by atoms with E-state index in [1.165, 1.54) is 89.0 Å². The van der Waals surface area contributed by atoms with Crippen molar-refractivity contribution in [2.24, 2.45) is 0 Å². The van der Waals surface area contributed by atoms with E-state index in [9.17, 15) is 0 Å². The second kappa shape index (κ2) is 14.8. The number of hydrogen-bond acceptors (Lipinski definition) is 1. The Morgan fingerprint density at radius 3 is 1.32 bits per heavy atom. The number of nitrogens with zero attached hydrogens (tertiary/aromatic N) is 1. The van der Waals surface area contributed by atoms with Crippen LogP contribution in [0.4, 0.5) is 17.1 Å². The summed E-state index contributed by atoms with van der Waals surface area (Å²) in [5, 5.41) is 0. The van der Waals surface area contributed by atoms with Crippen molar-refractivity contribution < 1.29 is 0 Å². The predicted octanol–water partition coefficient (Wildman–Crippen LogP) is 16.2. The van der Waals surface area contributed by atoms with Gasteiger partial charge in [0, 0.05) is 17.1 Å². The molecular formula is C61H43N. The molecule has 0 aromatic heterocycles. The Labute approximate surface area is 364 Å². The van der Waals surface area contributed by atoms with Crippen LogP contribution in [0.3, 0.4) is 0 Å². The van der Waals surface area contributed by atoms with Crippen molar-refractivity contribution in [2.75, 3.05) is 4.90 Å². The van der Waals surface area contributed by atoms with Gasteiger partial charge in [-0.25, -0.2) is 0 Å². The molecule has 3 aliphatic rings. The smallest absolute Gasteiger partial charge is 0.0725 e. The van der Waals surface area contributed by atoms with Gasteiger partial charge in [-0.05, 0) is 150 Å². The van der Waals surface area contributed by atoms with Crippen LogP contribution in [-0.4, -0.2) is 0 Å². The van der Waals surface area contributed by atoms with E-state index >= 15 is 0 Å². The molecule has 0 saturated heterocycles. The molecule has 0 bridgehead atoms. The van der Waals surface area contributed by atoms with Gasteiger partial charge in [-0.15, -0.1) is 0 Å². The summed E-state index contributed by atoms with van der Waals surface area (Å²) in [7, 11) is 0. The number of hydrogen-bond donors (Lipinski definition) is 0. The van der Waals surface area contributed by atoms with Gasteiger partial charge in [-0.3, -0.25) is 0 Å². The van der Waals surface area contributed by atoms with Crippen molar-refractivity contribution in [1.29, 1.82) is 0 Å². The van der Waals surface area contributed by atoms with Gasteiger partial charge in [0.15, 0.2) is 0 Å². The van der Waals surface area contributed by atoms with E-state index < -0.39 is 5.41 Å². The average Bonchev–Trinajstić information content (AvgIpc) is 3.82. The van der Waals surface area contributed by atoms with E-state index in [1.807, 2.05) is 0 Å². The maximum Gasteiger partial charge on any atom is 0.0725 e. The highest BCUT2D eigenvalue weighted by Gasteiger charge is 2.51. The molecule has 0 amide bonds. The molecule has 62 heavy (non-hydrogen) atoms. The van der Waals surface area contributed by atoms with E-state index in [4.69, 9.17) is 0 Å². The van der Waals surface area contributed by atoms with Gasteiger partial charge in [0.1, 0.15) is 0 Å². The number of benzene rings is 9. The van der Waals surface area contributed by atoms with Crippen molar-refractivity contribution in [3.05, 3.63) is 264 Å². The highest BCUT2D eigenvalue weighted by molar-refractivity contribution is 5.97. The third kappa shape index (κ3) is 5.77. The summed E-state index contributed by atoms with van der Waals surface area (Å²) in [5.41, 5.74) is 23.5. The lowest BCUT2D eigenvalue weighted by Gasteiger charge is -2.31. The Kier molecular flexibility index (Phi) is 8.61. The van der Waals surface area contributed by atoms with E-state index in [2.05, 4.69) is 242 Å². The summed E-state index contributed by atoms with van der Waals surface area (Å²) in [6, 6.07) is 81.0. The van der Waals surface area contributed by atoms with Gasteiger partial charge in [-0.1, -0.05) is 188 Å². The molecule has 3 aliphatic carbocycles. The van der Waals surface area contributed by atoms with Crippen molar-refractivity contribution in [1.82, 2.24) is 0 Å². The van der Waals surface area contributed by atoms with E-state index in [0.29, 0.717) is 0 Å². The summed E-state index contributed by atoms with van der Waals surface area (Å²) in [6.07, 6.45) is 9.08. The maximum atomic E-state index is 2.48. The summed E-state index contributed by atoms with van der Waals surface area (Å²) in [6.45, 7) is 0. The molecule has 12 rings (SSSR count). The van der Waals surface area contributed by atoms with Crippen LogP contribution in [0, 0.1) is 0 Å². The monoisotopic (exact) mass is 789 g/mol. The molecule has 9 aromatic rings. The molecule has 1 heteroatoms. The molecule has 292 valence electrons. The molecular weight excluding hydrogens is 747 g/mol. The van der Waals surface area contributed by atoms with E-state index in [0.717, 1.165) is 29.9 Å². The lowest BCUT2D eigenvalue weighted by Crippen LogP contribution is -2.25. The van der Waals surface area contributed by atoms with Gasteiger partial charge in [0.05, 0.1) is 5.41 Å². The quantitative estimate of drug-likeness (QED) is 0.155. The van der Waals surface area contributed by atoms with Crippen molar-refractivity contribution in [3.8, 4) is 55.6 Å². The van der Waals surface area contributed by atoms with Crippen LogP contribution in [0.15, 0.2) is 237 Å². The van der Waals surface area contributed by atoms with Gasteiger partial charge in [0.25, 0.3) is 0 Å². The summed E-state index contributed by atoms with van der Waals surface area (Å²) in [5.74, 6) is 0. The molecule has 0 saturated carbocycles. The molecule has 0 N–H and O–H groups in total. The normalized spacial score (nSPS) is 13.8. The number of rotatable bonds is 7.